The van der Waals surface area contributed by atoms with Gasteiger partial charge in [0.25, 0.3) is 0 Å². The number of amides is 1. The zero-order chi connectivity index (χ0) is 22.9. The molecular weight excluding hydrogens is 428 g/mol. The maximum atomic E-state index is 13.5. The van der Waals surface area contributed by atoms with Crippen LogP contribution in [0.4, 0.5) is 8.78 Å². The molecule has 0 saturated carbocycles. The lowest BCUT2D eigenvalue weighted by Crippen LogP contribution is -2.36. The van der Waals surface area contributed by atoms with E-state index < -0.39 is 0 Å². The summed E-state index contributed by atoms with van der Waals surface area (Å²) in [6.07, 6.45) is 1.23. The third kappa shape index (κ3) is 4.39. The average molecular weight is 449 g/mol. The predicted molar refractivity (Wildman–Crippen MR) is 116 cm³/mol. The Morgan fingerprint density at radius 3 is 2.27 bits per heavy atom. The molecule has 0 saturated heterocycles. The van der Waals surface area contributed by atoms with Gasteiger partial charge >= 0.3 is 0 Å². The fourth-order valence-corrected chi connectivity index (χ4v) is 3.96. The molecule has 0 spiro atoms. The third-order valence-corrected chi connectivity index (χ3v) is 5.63. The van der Waals surface area contributed by atoms with Crippen LogP contribution < -0.4 is 0 Å². The summed E-state index contributed by atoms with van der Waals surface area (Å²) in [6, 6.07) is 11.7. The molecule has 2 aromatic heterocycles. The van der Waals surface area contributed by atoms with Crippen molar-refractivity contribution in [3.63, 3.8) is 0 Å². The van der Waals surface area contributed by atoms with Gasteiger partial charge in [-0.3, -0.25) is 4.79 Å². The minimum Gasteiger partial charge on any atom is -0.446 e. The first-order valence-corrected chi connectivity index (χ1v) is 10.7. The Balaban J connectivity index is 1.42. The number of rotatable bonds is 4. The molecule has 9 heteroatoms. The fourth-order valence-electron chi connectivity index (χ4n) is 3.96. The molecular formula is C24H21F2N5O2. The van der Waals surface area contributed by atoms with Gasteiger partial charge < -0.3 is 9.32 Å². The highest BCUT2D eigenvalue weighted by Crippen LogP contribution is 2.24. The largest absolute Gasteiger partial charge is 0.446 e. The fraction of sp³-hybridized carbons (Fsp3) is 0.250. The molecule has 7 nitrogen and oxygen atoms in total. The van der Waals surface area contributed by atoms with Gasteiger partial charge in [-0.2, -0.15) is 0 Å². The van der Waals surface area contributed by atoms with Crippen molar-refractivity contribution in [2.24, 2.45) is 0 Å². The molecule has 168 valence electrons. The van der Waals surface area contributed by atoms with Crippen molar-refractivity contribution in [3.05, 3.63) is 77.5 Å². The Kier molecular flexibility index (Phi) is 5.45. The highest BCUT2D eigenvalue weighted by atomic mass is 19.1. The van der Waals surface area contributed by atoms with E-state index in [-0.39, 0.29) is 24.1 Å². The number of oxazole rings is 1. The van der Waals surface area contributed by atoms with Crippen LogP contribution in [-0.2, 0) is 24.2 Å². The van der Waals surface area contributed by atoms with Crippen LogP contribution in [0.15, 0.2) is 52.9 Å². The quantitative estimate of drug-likeness (QED) is 0.474. The molecule has 0 bridgehead atoms. The lowest BCUT2D eigenvalue weighted by Gasteiger charge is -2.20. The maximum absolute atomic E-state index is 13.5. The van der Waals surface area contributed by atoms with Crippen LogP contribution in [0.3, 0.4) is 0 Å². The van der Waals surface area contributed by atoms with E-state index in [0.29, 0.717) is 54.6 Å². The Morgan fingerprint density at radius 2 is 1.58 bits per heavy atom. The molecule has 33 heavy (non-hydrogen) atoms. The number of hydrogen-bond acceptors (Lipinski definition) is 5. The van der Waals surface area contributed by atoms with E-state index in [0.717, 1.165) is 11.5 Å². The van der Waals surface area contributed by atoms with Crippen molar-refractivity contribution in [1.29, 1.82) is 0 Å². The summed E-state index contributed by atoms with van der Waals surface area (Å²) in [5.74, 6) is 1.41. The van der Waals surface area contributed by atoms with Gasteiger partial charge in [0.1, 0.15) is 23.9 Å². The molecule has 0 fully saturated rings. The molecule has 2 aromatic carbocycles. The SMILES string of the molecule is Cc1nc2c(o1)CCN(C(=O)Cn1nc(-c3ccc(F)cc3)nc1-c1ccc(F)cc1)CC2. The predicted octanol–water partition coefficient (Wildman–Crippen LogP) is 3.81. The van der Waals surface area contributed by atoms with Crippen molar-refractivity contribution in [3.8, 4) is 22.8 Å². The number of nitrogens with zero attached hydrogens (tertiary/aromatic N) is 5. The molecule has 0 N–H and O–H groups in total. The van der Waals surface area contributed by atoms with E-state index >= 15 is 0 Å². The zero-order valence-electron chi connectivity index (χ0n) is 18.0. The van der Waals surface area contributed by atoms with E-state index in [4.69, 9.17) is 4.42 Å². The molecule has 5 rings (SSSR count). The second-order valence-electron chi connectivity index (χ2n) is 7.91. The molecule has 1 aliphatic rings. The van der Waals surface area contributed by atoms with E-state index in [2.05, 4.69) is 15.1 Å². The molecule has 4 aromatic rings. The van der Waals surface area contributed by atoms with E-state index in [9.17, 15) is 13.6 Å². The zero-order valence-corrected chi connectivity index (χ0v) is 18.0. The van der Waals surface area contributed by atoms with Crippen LogP contribution in [0.25, 0.3) is 22.8 Å². The van der Waals surface area contributed by atoms with Crippen LogP contribution in [0.5, 0.6) is 0 Å². The number of aryl methyl sites for hydroxylation is 1. The topological polar surface area (TPSA) is 77.0 Å². The van der Waals surface area contributed by atoms with Crippen molar-refractivity contribution in [2.45, 2.75) is 26.3 Å². The van der Waals surface area contributed by atoms with Crippen LogP contribution >= 0.6 is 0 Å². The van der Waals surface area contributed by atoms with E-state index in [1.165, 1.54) is 28.9 Å². The molecule has 0 aliphatic carbocycles. The molecule has 0 atom stereocenters. The van der Waals surface area contributed by atoms with Gasteiger partial charge in [-0.1, -0.05) is 0 Å². The first kappa shape index (κ1) is 21.0. The summed E-state index contributed by atoms with van der Waals surface area (Å²) in [7, 11) is 0. The standard InChI is InChI=1S/C24H21F2N5O2/c1-15-27-20-10-12-30(13-11-21(20)33-15)22(32)14-31-24(17-4-8-19(26)9-5-17)28-23(29-31)16-2-6-18(25)7-3-16/h2-9H,10-14H2,1H3. The van der Waals surface area contributed by atoms with Gasteiger partial charge in [0.2, 0.25) is 5.91 Å². The molecule has 1 amide bonds. The Bertz CT molecular complexity index is 1270. The number of carbonyl (C=O) groups excluding carboxylic acids is 1. The van der Waals surface area contributed by atoms with Gasteiger partial charge in [-0.25, -0.2) is 23.4 Å². The summed E-state index contributed by atoms with van der Waals surface area (Å²) in [5.41, 5.74) is 2.14. The molecule has 3 heterocycles. The van der Waals surface area contributed by atoms with E-state index in [1.807, 2.05) is 6.92 Å². The summed E-state index contributed by atoms with van der Waals surface area (Å²) < 4.78 is 34.0. The number of halogens is 2. The first-order valence-electron chi connectivity index (χ1n) is 10.7. The highest BCUT2D eigenvalue weighted by molar-refractivity contribution is 5.77. The van der Waals surface area contributed by atoms with Crippen molar-refractivity contribution in [2.75, 3.05) is 13.1 Å². The third-order valence-electron chi connectivity index (χ3n) is 5.63. The van der Waals surface area contributed by atoms with Crippen LogP contribution in [0, 0.1) is 18.6 Å². The summed E-state index contributed by atoms with van der Waals surface area (Å²) >= 11 is 0. The van der Waals surface area contributed by atoms with E-state index in [1.54, 1.807) is 29.2 Å². The van der Waals surface area contributed by atoms with Crippen LogP contribution in [0.2, 0.25) is 0 Å². The number of aromatic nitrogens is 4. The summed E-state index contributed by atoms with van der Waals surface area (Å²) in [4.78, 5) is 23.9. The number of fused-ring (bicyclic) bond motifs is 1. The molecule has 0 unspecified atom stereocenters. The number of carbonyl (C=O) groups is 1. The minimum absolute atomic E-state index is 0.0330. The smallest absolute Gasteiger partial charge is 0.244 e. The number of hydrogen-bond donors (Lipinski definition) is 0. The van der Waals surface area contributed by atoms with Gasteiger partial charge in [-0.05, 0) is 48.5 Å². The Hall–Kier alpha value is -3.88. The normalized spacial score (nSPS) is 13.6. The van der Waals surface area contributed by atoms with Gasteiger partial charge in [0.05, 0.1) is 5.69 Å². The maximum Gasteiger partial charge on any atom is 0.244 e. The van der Waals surface area contributed by atoms with Crippen LogP contribution in [0.1, 0.15) is 17.3 Å². The lowest BCUT2D eigenvalue weighted by atomic mass is 10.2. The second kappa shape index (κ2) is 8.57. The van der Waals surface area contributed by atoms with Crippen molar-refractivity contribution >= 4 is 5.91 Å². The summed E-state index contributed by atoms with van der Waals surface area (Å²) in [5, 5.41) is 4.52. The molecule has 0 radical (unpaired) electrons. The van der Waals surface area contributed by atoms with Gasteiger partial charge in [0, 0.05) is 44.0 Å². The number of benzene rings is 2. The second-order valence-corrected chi connectivity index (χ2v) is 7.91. The van der Waals surface area contributed by atoms with Crippen molar-refractivity contribution < 1.29 is 18.0 Å². The minimum atomic E-state index is -0.370. The van der Waals surface area contributed by atoms with Crippen LogP contribution in [-0.4, -0.2) is 43.6 Å². The lowest BCUT2D eigenvalue weighted by molar-refractivity contribution is -0.131. The highest BCUT2D eigenvalue weighted by Gasteiger charge is 2.24. The molecule has 1 aliphatic heterocycles. The Labute approximate surface area is 188 Å². The Morgan fingerprint density at radius 1 is 0.939 bits per heavy atom. The van der Waals surface area contributed by atoms with Crippen molar-refractivity contribution in [1.82, 2.24) is 24.6 Å². The van der Waals surface area contributed by atoms with Gasteiger partial charge in [0.15, 0.2) is 17.5 Å². The van der Waals surface area contributed by atoms with Gasteiger partial charge in [-0.15, -0.1) is 5.10 Å². The first-order chi connectivity index (χ1) is 16.0. The summed E-state index contributed by atoms with van der Waals surface area (Å²) in [6.45, 7) is 2.84. The monoisotopic (exact) mass is 449 g/mol. The average Bonchev–Trinajstić information content (AvgIpc) is 3.32.